The highest BCUT2D eigenvalue weighted by Crippen LogP contribution is 2.35. The Morgan fingerprint density at radius 1 is 0.842 bits per heavy atom. The summed E-state index contributed by atoms with van der Waals surface area (Å²) >= 11 is 0. The molecule has 1 aromatic rings. The Balaban J connectivity index is 2.85. The Bertz CT molecular complexity index is 347. The third-order valence-electron chi connectivity index (χ3n) is 4.48. The molecule has 0 saturated heterocycles. The van der Waals surface area contributed by atoms with Crippen LogP contribution in [-0.4, -0.2) is 0 Å². The molecule has 0 saturated carbocycles. The van der Waals surface area contributed by atoms with E-state index >= 15 is 0 Å². The van der Waals surface area contributed by atoms with E-state index in [9.17, 15) is 0 Å². The average molecular weight is 260 g/mol. The van der Waals surface area contributed by atoms with Gasteiger partial charge in [-0.1, -0.05) is 78.6 Å². The van der Waals surface area contributed by atoms with Crippen LogP contribution >= 0.6 is 0 Å². The number of rotatable bonds is 6. The molecule has 0 heterocycles. The lowest BCUT2D eigenvalue weighted by Gasteiger charge is -2.28. The molecule has 0 heteroatoms. The zero-order valence-corrected chi connectivity index (χ0v) is 13.8. The van der Waals surface area contributed by atoms with Crippen molar-refractivity contribution in [3.8, 4) is 0 Å². The highest BCUT2D eigenvalue weighted by Gasteiger charge is 2.21. The lowest BCUT2D eigenvalue weighted by molar-refractivity contribution is 0.339. The summed E-state index contributed by atoms with van der Waals surface area (Å²) in [7, 11) is 0. The molecule has 0 nitrogen and oxygen atoms in total. The van der Waals surface area contributed by atoms with Crippen molar-refractivity contribution in [3.05, 3.63) is 35.4 Å². The Kier molecular flexibility index (Phi) is 6.10. The van der Waals surface area contributed by atoms with Crippen LogP contribution in [0.1, 0.15) is 90.2 Å². The fourth-order valence-corrected chi connectivity index (χ4v) is 2.73. The zero-order valence-electron chi connectivity index (χ0n) is 13.8. The normalized spacial score (nSPS) is 13.8. The third-order valence-corrected chi connectivity index (χ3v) is 4.48. The van der Waals surface area contributed by atoms with Crippen LogP contribution in [0.2, 0.25) is 0 Å². The third kappa shape index (κ3) is 4.67. The largest absolute Gasteiger partial charge is 0.0654 e. The Labute approximate surface area is 120 Å². The molecular formula is C19H32. The SMILES string of the molecule is CCCC(CCC)c1ccc(C(C)C(C)(C)C)cc1. The maximum absolute atomic E-state index is 2.37. The van der Waals surface area contributed by atoms with E-state index in [1.807, 2.05) is 0 Å². The van der Waals surface area contributed by atoms with Gasteiger partial charge < -0.3 is 0 Å². The minimum Gasteiger partial charge on any atom is -0.0654 e. The summed E-state index contributed by atoms with van der Waals surface area (Å²) in [5.74, 6) is 1.37. The van der Waals surface area contributed by atoms with Crippen LogP contribution < -0.4 is 0 Å². The van der Waals surface area contributed by atoms with Gasteiger partial charge in [0, 0.05) is 0 Å². The standard InChI is InChI=1S/C19H32/c1-7-9-17(10-8-2)18-13-11-16(12-14-18)15(3)19(4,5)6/h11-15,17H,7-10H2,1-6H3. The minimum absolute atomic E-state index is 0.341. The molecule has 0 N–H and O–H groups in total. The summed E-state index contributed by atoms with van der Waals surface area (Å²) in [6.07, 6.45) is 5.21. The smallest absolute Gasteiger partial charge is 0.0142 e. The van der Waals surface area contributed by atoms with E-state index in [-0.39, 0.29) is 0 Å². The second kappa shape index (κ2) is 7.12. The molecule has 0 amide bonds. The molecular weight excluding hydrogens is 228 g/mol. The fraction of sp³-hybridized carbons (Fsp3) is 0.684. The van der Waals surface area contributed by atoms with Crippen molar-refractivity contribution in [1.82, 2.24) is 0 Å². The molecule has 1 atom stereocenters. The van der Waals surface area contributed by atoms with Crippen LogP contribution in [0.4, 0.5) is 0 Å². The second-order valence-corrected chi connectivity index (χ2v) is 7.03. The molecule has 0 spiro atoms. The van der Waals surface area contributed by atoms with Gasteiger partial charge in [-0.05, 0) is 41.2 Å². The first-order valence-electron chi connectivity index (χ1n) is 8.00. The molecule has 0 aliphatic carbocycles. The van der Waals surface area contributed by atoms with E-state index in [0.717, 1.165) is 5.92 Å². The molecule has 0 aromatic heterocycles. The minimum atomic E-state index is 0.341. The van der Waals surface area contributed by atoms with Gasteiger partial charge in [-0.2, -0.15) is 0 Å². The van der Waals surface area contributed by atoms with Gasteiger partial charge in [0.1, 0.15) is 0 Å². The van der Waals surface area contributed by atoms with Gasteiger partial charge in [0.15, 0.2) is 0 Å². The summed E-state index contributed by atoms with van der Waals surface area (Å²) in [5.41, 5.74) is 3.35. The van der Waals surface area contributed by atoms with Crippen molar-refractivity contribution in [2.45, 2.75) is 79.1 Å². The number of hydrogen-bond acceptors (Lipinski definition) is 0. The van der Waals surface area contributed by atoms with Crippen molar-refractivity contribution >= 4 is 0 Å². The summed E-state index contributed by atoms with van der Waals surface area (Å²) in [6, 6.07) is 9.44. The lowest BCUT2D eigenvalue weighted by Crippen LogP contribution is -2.15. The number of hydrogen-bond donors (Lipinski definition) is 0. The van der Waals surface area contributed by atoms with Crippen molar-refractivity contribution in [2.75, 3.05) is 0 Å². The van der Waals surface area contributed by atoms with Gasteiger partial charge in [0.2, 0.25) is 0 Å². The second-order valence-electron chi connectivity index (χ2n) is 7.03. The fourth-order valence-electron chi connectivity index (χ4n) is 2.73. The molecule has 1 rings (SSSR count). The van der Waals surface area contributed by atoms with E-state index in [0.29, 0.717) is 11.3 Å². The van der Waals surface area contributed by atoms with Crippen LogP contribution in [0.5, 0.6) is 0 Å². The monoisotopic (exact) mass is 260 g/mol. The van der Waals surface area contributed by atoms with Crippen LogP contribution in [0, 0.1) is 5.41 Å². The van der Waals surface area contributed by atoms with Gasteiger partial charge in [0.25, 0.3) is 0 Å². The molecule has 0 radical (unpaired) electrons. The van der Waals surface area contributed by atoms with Gasteiger partial charge >= 0.3 is 0 Å². The predicted octanol–water partition coefficient (Wildman–Crippen LogP) is 6.52. The highest BCUT2D eigenvalue weighted by molar-refractivity contribution is 5.28. The van der Waals surface area contributed by atoms with Crippen LogP contribution in [0.25, 0.3) is 0 Å². The summed E-state index contributed by atoms with van der Waals surface area (Å²) < 4.78 is 0. The molecule has 0 fully saturated rings. The summed E-state index contributed by atoms with van der Waals surface area (Å²) in [5, 5.41) is 0. The van der Waals surface area contributed by atoms with Crippen LogP contribution in [0.3, 0.4) is 0 Å². The number of benzene rings is 1. The van der Waals surface area contributed by atoms with Gasteiger partial charge in [-0.25, -0.2) is 0 Å². The summed E-state index contributed by atoms with van der Waals surface area (Å²) in [4.78, 5) is 0. The van der Waals surface area contributed by atoms with Crippen LogP contribution in [0.15, 0.2) is 24.3 Å². The topological polar surface area (TPSA) is 0 Å². The quantitative estimate of drug-likeness (QED) is 0.546. The highest BCUT2D eigenvalue weighted by atomic mass is 14.3. The average Bonchev–Trinajstić information content (AvgIpc) is 2.37. The predicted molar refractivity (Wildman–Crippen MR) is 86.9 cm³/mol. The van der Waals surface area contributed by atoms with Crippen LogP contribution in [-0.2, 0) is 0 Å². The maximum atomic E-state index is 2.37. The van der Waals surface area contributed by atoms with Crippen molar-refractivity contribution in [2.24, 2.45) is 5.41 Å². The van der Waals surface area contributed by atoms with Gasteiger partial charge in [-0.3, -0.25) is 0 Å². The van der Waals surface area contributed by atoms with E-state index in [1.165, 1.54) is 36.8 Å². The van der Waals surface area contributed by atoms with E-state index in [1.54, 1.807) is 0 Å². The first kappa shape index (κ1) is 16.3. The molecule has 0 aliphatic rings. The molecule has 108 valence electrons. The van der Waals surface area contributed by atoms with E-state index < -0.39 is 0 Å². The van der Waals surface area contributed by atoms with E-state index in [2.05, 4.69) is 65.8 Å². The summed E-state index contributed by atoms with van der Waals surface area (Å²) in [6.45, 7) is 13.9. The Morgan fingerprint density at radius 2 is 1.26 bits per heavy atom. The first-order chi connectivity index (χ1) is 8.90. The molecule has 1 aromatic carbocycles. The maximum Gasteiger partial charge on any atom is -0.0142 e. The van der Waals surface area contributed by atoms with Crippen molar-refractivity contribution in [1.29, 1.82) is 0 Å². The molecule has 0 aliphatic heterocycles. The molecule has 1 unspecified atom stereocenters. The molecule has 0 bridgehead atoms. The first-order valence-corrected chi connectivity index (χ1v) is 8.00. The molecule has 19 heavy (non-hydrogen) atoms. The Morgan fingerprint density at radius 3 is 1.63 bits per heavy atom. The van der Waals surface area contributed by atoms with Gasteiger partial charge in [0.05, 0.1) is 0 Å². The van der Waals surface area contributed by atoms with E-state index in [4.69, 9.17) is 0 Å². The lowest BCUT2D eigenvalue weighted by atomic mass is 9.77. The van der Waals surface area contributed by atoms with Crippen molar-refractivity contribution < 1.29 is 0 Å². The zero-order chi connectivity index (χ0) is 14.5. The van der Waals surface area contributed by atoms with Crippen molar-refractivity contribution in [3.63, 3.8) is 0 Å². The van der Waals surface area contributed by atoms with Gasteiger partial charge in [-0.15, -0.1) is 0 Å². The Hall–Kier alpha value is -0.780.